The van der Waals surface area contributed by atoms with Crippen molar-refractivity contribution in [3.8, 4) is 0 Å². The van der Waals surface area contributed by atoms with Crippen molar-refractivity contribution in [2.75, 3.05) is 26.2 Å². The summed E-state index contributed by atoms with van der Waals surface area (Å²) in [5.41, 5.74) is 0.850. The second-order valence-electron chi connectivity index (χ2n) is 6.98. The number of nitrogens with zero attached hydrogens (tertiary/aromatic N) is 2. The van der Waals surface area contributed by atoms with E-state index in [2.05, 4.69) is 0 Å². The minimum atomic E-state index is -3.56. The highest BCUT2D eigenvalue weighted by atomic mass is 35.5. The first-order valence-electron chi connectivity index (χ1n) is 8.94. The number of amides is 1. The zero-order valence-electron chi connectivity index (χ0n) is 14.6. The molecule has 0 radical (unpaired) electrons. The number of hydrogen-bond acceptors (Lipinski definition) is 3. The Morgan fingerprint density at radius 2 is 1.72 bits per heavy atom. The zero-order valence-corrected chi connectivity index (χ0v) is 16.2. The summed E-state index contributed by atoms with van der Waals surface area (Å²) in [4.78, 5) is 14.7. The Hall–Kier alpha value is -1.11. The molecule has 1 aliphatic heterocycles. The lowest BCUT2D eigenvalue weighted by Gasteiger charge is -2.36. The fraction of sp³-hybridized carbons (Fsp3) is 0.611. The van der Waals surface area contributed by atoms with Crippen LogP contribution < -0.4 is 0 Å². The topological polar surface area (TPSA) is 57.7 Å². The quantitative estimate of drug-likeness (QED) is 0.804. The number of hydrogen-bond donors (Lipinski definition) is 0. The molecule has 0 spiro atoms. The first-order chi connectivity index (χ1) is 11.9. The summed E-state index contributed by atoms with van der Waals surface area (Å²) in [7, 11) is -3.56. The molecular formula is C18H25ClN2O3S. The Bertz CT molecular complexity index is 737. The monoisotopic (exact) mass is 384 g/mol. The van der Waals surface area contributed by atoms with Crippen LogP contribution >= 0.6 is 11.6 Å². The van der Waals surface area contributed by atoms with Gasteiger partial charge in [-0.3, -0.25) is 4.79 Å². The first-order valence-corrected chi connectivity index (χ1v) is 10.8. The minimum Gasteiger partial charge on any atom is -0.340 e. The van der Waals surface area contributed by atoms with Gasteiger partial charge in [0.15, 0.2) is 0 Å². The minimum absolute atomic E-state index is 0.132. The first kappa shape index (κ1) is 18.7. The second kappa shape index (κ2) is 7.64. The SMILES string of the molecule is Cc1ccc(S(=O)(=O)N2CCN(C(=O)C3CCCCC3)CC2)cc1Cl. The Morgan fingerprint density at radius 3 is 2.32 bits per heavy atom. The van der Waals surface area contributed by atoms with Gasteiger partial charge in [0.25, 0.3) is 0 Å². The van der Waals surface area contributed by atoms with Gasteiger partial charge in [0.1, 0.15) is 0 Å². The van der Waals surface area contributed by atoms with Crippen LogP contribution in [0.5, 0.6) is 0 Å². The molecule has 2 fully saturated rings. The predicted octanol–water partition coefficient (Wildman–Crippen LogP) is 3.06. The summed E-state index contributed by atoms with van der Waals surface area (Å²) in [6, 6.07) is 4.82. The molecule has 1 amide bonds. The summed E-state index contributed by atoms with van der Waals surface area (Å²) in [5.74, 6) is 0.336. The van der Waals surface area contributed by atoms with Crippen molar-refractivity contribution < 1.29 is 13.2 Å². The molecule has 138 valence electrons. The van der Waals surface area contributed by atoms with E-state index in [0.717, 1.165) is 31.2 Å². The van der Waals surface area contributed by atoms with E-state index < -0.39 is 10.0 Å². The van der Waals surface area contributed by atoms with Gasteiger partial charge in [-0.25, -0.2) is 8.42 Å². The van der Waals surface area contributed by atoms with Crippen molar-refractivity contribution in [3.05, 3.63) is 28.8 Å². The van der Waals surface area contributed by atoms with E-state index in [1.807, 2.05) is 11.8 Å². The van der Waals surface area contributed by atoms with E-state index in [9.17, 15) is 13.2 Å². The highest BCUT2D eigenvalue weighted by molar-refractivity contribution is 7.89. The predicted molar refractivity (Wildman–Crippen MR) is 98.1 cm³/mol. The molecule has 1 heterocycles. The molecule has 3 rings (SSSR count). The second-order valence-corrected chi connectivity index (χ2v) is 9.32. The molecule has 5 nitrogen and oxygen atoms in total. The van der Waals surface area contributed by atoms with E-state index in [-0.39, 0.29) is 16.7 Å². The molecule has 1 aromatic rings. The number of carbonyl (C=O) groups excluding carboxylic acids is 1. The van der Waals surface area contributed by atoms with Crippen LogP contribution in [0.2, 0.25) is 5.02 Å². The van der Waals surface area contributed by atoms with Gasteiger partial charge < -0.3 is 4.90 Å². The number of benzene rings is 1. The van der Waals surface area contributed by atoms with E-state index in [1.165, 1.54) is 16.8 Å². The van der Waals surface area contributed by atoms with Crippen molar-refractivity contribution in [2.45, 2.75) is 43.9 Å². The van der Waals surface area contributed by atoms with Gasteiger partial charge in [0, 0.05) is 37.1 Å². The summed E-state index contributed by atoms with van der Waals surface area (Å²) in [5, 5.41) is 0.451. The molecule has 0 N–H and O–H groups in total. The smallest absolute Gasteiger partial charge is 0.243 e. The number of halogens is 1. The Balaban J connectivity index is 1.64. The van der Waals surface area contributed by atoms with Crippen molar-refractivity contribution in [3.63, 3.8) is 0 Å². The maximum atomic E-state index is 12.8. The normalized spacial score (nSPS) is 20.6. The summed E-state index contributed by atoms with van der Waals surface area (Å²) in [6.07, 6.45) is 5.41. The van der Waals surface area contributed by atoms with Crippen LogP contribution in [0, 0.1) is 12.8 Å². The maximum Gasteiger partial charge on any atom is 0.243 e. The van der Waals surface area contributed by atoms with Crippen LogP contribution in [0.3, 0.4) is 0 Å². The summed E-state index contributed by atoms with van der Waals surface area (Å²) < 4.78 is 27.0. The van der Waals surface area contributed by atoms with Crippen molar-refractivity contribution in [2.24, 2.45) is 5.92 Å². The van der Waals surface area contributed by atoms with E-state index in [1.54, 1.807) is 12.1 Å². The largest absolute Gasteiger partial charge is 0.340 e. The van der Waals surface area contributed by atoms with Crippen LogP contribution in [0.25, 0.3) is 0 Å². The van der Waals surface area contributed by atoms with Crippen LogP contribution in [0.4, 0.5) is 0 Å². The molecule has 0 unspecified atom stereocenters. The van der Waals surface area contributed by atoms with E-state index >= 15 is 0 Å². The lowest BCUT2D eigenvalue weighted by Crippen LogP contribution is -2.52. The van der Waals surface area contributed by atoms with E-state index in [4.69, 9.17) is 11.6 Å². The summed E-state index contributed by atoms with van der Waals surface area (Å²) in [6.45, 7) is 3.45. The Labute approximate surface area is 155 Å². The lowest BCUT2D eigenvalue weighted by molar-refractivity contribution is -0.137. The number of sulfonamides is 1. The van der Waals surface area contributed by atoms with Crippen molar-refractivity contribution >= 4 is 27.5 Å². The molecular weight excluding hydrogens is 360 g/mol. The van der Waals surface area contributed by atoms with Crippen LogP contribution in [0.1, 0.15) is 37.7 Å². The third-order valence-electron chi connectivity index (χ3n) is 5.29. The van der Waals surface area contributed by atoms with Gasteiger partial charge >= 0.3 is 0 Å². The number of carbonyl (C=O) groups is 1. The standard InChI is InChI=1S/C18H25ClN2O3S/c1-14-7-8-16(13-17(14)19)25(23,24)21-11-9-20(10-12-21)18(22)15-5-3-2-4-6-15/h7-8,13,15H,2-6,9-12H2,1H3. The summed E-state index contributed by atoms with van der Waals surface area (Å²) >= 11 is 6.07. The fourth-order valence-corrected chi connectivity index (χ4v) is 5.33. The van der Waals surface area contributed by atoms with Gasteiger partial charge in [-0.15, -0.1) is 0 Å². The number of piperazine rings is 1. The Morgan fingerprint density at radius 1 is 1.08 bits per heavy atom. The molecule has 1 saturated heterocycles. The molecule has 0 atom stereocenters. The highest BCUT2D eigenvalue weighted by Crippen LogP contribution is 2.27. The average molecular weight is 385 g/mol. The molecule has 2 aliphatic rings. The molecule has 25 heavy (non-hydrogen) atoms. The molecule has 1 aliphatic carbocycles. The van der Waals surface area contributed by atoms with Crippen molar-refractivity contribution in [1.29, 1.82) is 0 Å². The molecule has 7 heteroatoms. The fourth-order valence-electron chi connectivity index (χ4n) is 3.64. The molecule has 0 bridgehead atoms. The zero-order chi connectivity index (χ0) is 18.0. The van der Waals surface area contributed by atoms with Gasteiger partial charge in [-0.05, 0) is 37.5 Å². The van der Waals surface area contributed by atoms with Gasteiger partial charge in [-0.1, -0.05) is 36.9 Å². The third kappa shape index (κ3) is 4.01. The van der Waals surface area contributed by atoms with Crippen molar-refractivity contribution in [1.82, 2.24) is 9.21 Å². The van der Waals surface area contributed by atoms with Crippen LogP contribution in [0.15, 0.2) is 23.1 Å². The number of aryl methyl sites for hydroxylation is 1. The number of rotatable bonds is 3. The highest BCUT2D eigenvalue weighted by Gasteiger charge is 2.33. The maximum absolute atomic E-state index is 12.8. The van der Waals surface area contributed by atoms with Gasteiger partial charge in [-0.2, -0.15) is 4.31 Å². The molecule has 1 saturated carbocycles. The molecule has 1 aromatic carbocycles. The van der Waals surface area contributed by atoms with Crippen LogP contribution in [-0.4, -0.2) is 49.7 Å². The van der Waals surface area contributed by atoms with Gasteiger partial charge in [0.05, 0.1) is 4.90 Å². The average Bonchev–Trinajstić information content (AvgIpc) is 2.64. The third-order valence-corrected chi connectivity index (χ3v) is 7.59. The lowest BCUT2D eigenvalue weighted by atomic mass is 9.88. The molecule has 0 aromatic heterocycles. The van der Waals surface area contributed by atoms with E-state index in [0.29, 0.717) is 31.2 Å². The van der Waals surface area contributed by atoms with Crippen LogP contribution in [-0.2, 0) is 14.8 Å². The Kier molecular flexibility index (Phi) is 5.71. The van der Waals surface area contributed by atoms with Gasteiger partial charge in [0.2, 0.25) is 15.9 Å².